The fourth-order valence-corrected chi connectivity index (χ4v) is 5.35. The molecule has 1 atom stereocenters. The van der Waals surface area contributed by atoms with Crippen LogP contribution in [-0.2, 0) is 32.6 Å². The van der Waals surface area contributed by atoms with Crippen molar-refractivity contribution < 1.29 is 22.4 Å². The number of rotatable bonds is 10. The highest BCUT2D eigenvalue weighted by Crippen LogP contribution is 2.29. The molecule has 0 aromatic heterocycles. The Morgan fingerprint density at radius 2 is 1.60 bits per heavy atom. The van der Waals surface area contributed by atoms with E-state index in [4.69, 9.17) is 11.6 Å². The average molecular weight is 588 g/mol. The fourth-order valence-electron chi connectivity index (χ4n) is 4.28. The Kier molecular flexibility index (Phi) is 9.97. The van der Waals surface area contributed by atoms with Crippen molar-refractivity contribution in [2.24, 2.45) is 0 Å². The summed E-state index contributed by atoms with van der Waals surface area (Å²) in [4.78, 5) is 29.0. The standard InChI is InChI=1S/C30H35ClFN3O4S/c1-21-24(31)15-11-17-26(21)35(40(5,38)39)20-28(36)34(19-23-14-9-10-16-25(23)32)27(29(37)33-30(2,3)4)18-22-12-7-6-8-13-22/h6-17,27H,18-20H2,1-5H3,(H,33,37)/t27-/m1/s1. The van der Waals surface area contributed by atoms with Gasteiger partial charge in [-0.25, -0.2) is 12.8 Å². The van der Waals surface area contributed by atoms with Gasteiger partial charge in [0.2, 0.25) is 21.8 Å². The maximum absolute atomic E-state index is 14.8. The van der Waals surface area contributed by atoms with E-state index in [2.05, 4.69) is 5.32 Å². The molecule has 0 bridgehead atoms. The first-order valence-electron chi connectivity index (χ1n) is 12.8. The van der Waals surface area contributed by atoms with Crippen LogP contribution >= 0.6 is 11.6 Å². The molecule has 3 rings (SSSR count). The van der Waals surface area contributed by atoms with Crippen molar-refractivity contribution in [3.63, 3.8) is 0 Å². The molecule has 0 aliphatic heterocycles. The Bertz CT molecular complexity index is 1460. The molecule has 2 amide bonds. The second-order valence-electron chi connectivity index (χ2n) is 10.7. The van der Waals surface area contributed by atoms with Gasteiger partial charge in [0, 0.05) is 29.1 Å². The molecule has 0 saturated carbocycles. The average Bonchev–Trinajstić information content (AvgIpc) is 2.86. The summed E-state index contributed by atoms with van der Waals surface area (Å²) < 4.78 is 41.6. The van der Waals surface area contributed by atoms with Gasteiger partial charge in [-0.15, -0.1) is 0 Å². The lowest BCUT2D eigenvalue weighted by atomic mass is 10.0. The smallest absolute Gasteiger partial charge is 0.244 e. The zero-order valence-corrected chi connectivity index (χ0v) is 24.9. The van der Waals surface area contributed by atoms with E-state index in [0.29, 0.717) is 10.6 Å². The summed E-state index contributed by atoms with van der Waals surface area (Å²) in [5.74, 6) is -1.65. The summed E-state index contributed by atoms with van der Waals surface area (Å²) in [5, 5.41) is 3.27. The van der Waals surface area contributed by atoms with Crippen molar-refractivity contribution in [3.8, 4) is 0 Å². The van der Waals surface area contributed by atoms with Gasteiger partial charge in [-0.05, 0) is 57.0 Å². The van der Waals surface area contributed by atoms with E-state index in [0.717, 1.165) is 16.1 Å². The van der Waals surface area contributed by atoms with Gasteiger partial charge in [0.05, 0.1) is 11.9 Å². The van der Waals surface area contributed by atoms with Gasteiger partial charge >= 0.3 is 0 Å². The third-order valence-electron chi connectivity index (χ3n) is 6.25. The molecule has 0 aliphatic rings. The van der Waals surface area contributed by atoms with Crippen molar-refractivity contribution in [2.75, 3.05) is 17.1 Å². The van der Waals surface area contributed by atoms with Gasteiger partial charge in [-0.2, -0.15) is 0 Å². The molecule has 0 unspecified atom stereocenters. The normalized spacial score (nSPS) is 12.5. The van der Waals surface area contributed by atoms with Crippen molar-refractivity contribution in [1.29, 1.82) is 0 Å². The second kappa shape index (κ2) is 12.8. The second-order valence-corrected chi connectivity index (χ2v) is 13.0. The highest BCUT2D eigenvalue weighted by Gasteiger charge is 2.35. The minimum atomic E-state index is -3.95. The van der Waals surface area contributed by atoms with Crippen molar-refractivity contribution >= 4 is 39.1 Å². The Balaban J connectivity index is 2.11. The van der Waals surface area contributed by atoms with Crippen LogP contribution in [0.1, 0.15) is 37.5 Å². The molecule has 7 nitrogen and oxygen atoms in total. The van der Waals surface area contributed by atoms with Crippen LogP contribution in [0, 0.1) is 12.7 Å². The Labute approximate surface area is 241 Å². The molecule has 10 heteroatoms. The summed E-state index contributed by atoms with van der Waals surface area (Å²) in [6.45, 7) is 6.27. The largest absolute Gasteiger partial charge is 0.350 e. The number of hydrogen-bond acceptors (Lipinski definition) is 4. The Morgan fingerprint density at radius 3 is 2.20 bits per heavy atom. The molecular formula is C30H35ClFN3O4S. The first kappa shape index (κ1) is 31.1. The number of nitrogens with one attached hydrogen (secondary N) is 1. The van der Waals surface area contributed by atoms with E-state index >= 15 is 0 Å². The van der Waals surface area contributed by atoms with Crippen LogP contribution in [0.4, 0.5) is 10.1 Å². The number of nitrogens with zero attached hydrogens (tertiary/aromatic N) is 2. The highest BCUT2D eigenvalue weighted by atomic mass is 35.5. The molecule has 0 saturated heterocycles. The van der Waals surface area contributed by atoms with Gasteiger partial charge in [-0.1, -0.05) is 66.2 Å². The lowest BCUT2D eigenvalue weighted by molar-refractivity contribution is -0.140. The first-order valence-corrected chi connectivity index (χ1v) is 15.0. The number of carbonyl (C=O) groups excluding carboxylic acids is 2. The van der Waals surface area contributed by atoms with E-state index in [1.165, 1.54) is 23.1 Å². The lowest BCUT2D eigenvalue weighted by Gasteiger charge is -2.35. The third-order valence-corrected chi connectivity index (χ3v) is 7.79. The topological polar surface area (TPSA) is 86.8 Å². The number of carbonyl (C=O) groups is 2. The maximum Gasteiger partial charge on any atom is 0.244 e. The van der Waals surface area contributed by atoms with E-state index in [1.807, 2.05) is 51.1 Å². The molecular weight excluding hydrogens is 553 g/mol. The van der Waals surface area contributed by atoms with Crippen molar-refractivity contribution in [3.05, 3.63) is 100 Å². The third kappa shape index (κ3) is 8.29. The SMILES string of the molecule is Cc1c(Cl)cccc1N(CC(=O)N(Cc1ccccc1F)[C@H](Cc1ccccc1)C(=O)NC(C)(C)C)S(C)(=O)=O. The van der Waals surface area contributed by atoms with Crippen molar-refractivity contribution in [2.45, 2.75) is 52.2 Å². The number of sulfonamides is 1. The van der Waals surface area contributed by atoms with Gasteiger partial charge in [-0.3, -0.25) is 13.9 Å². The summed E-state index contributed by atoms with van der Waals surface area (Å²) in [5.41, 5.74) is 1.09. The molecule has 0 heterocycles. The van der Waals surface area contributed by atoms with Crippen LogP contribution in [-0.4, -0.2) is 49.5 Å². The summed E-state index contributed by atoms with van der Waals surface area (Å²) in [7, 11) is -3.95. The van der Waals surface area contributed by atoms with Gasteiger partial charge in [0.15, 0.2) is 0 Å². The molecule has 3 aromatic carbocycles. The monoisotopic (exact) mass is 587 g/mol. The van der Waals surface area contributed by atoms with Gasteiger partial charge < -0.3 is 10.2 Å². The minimum Gasteiger partial charge on any atom is -0.350 e. The summed E-state index contributed by atoms with van der Waals surface area (Å²) in [6.07, 6.45) is 1.13. The number of hydrogen-bond donors (Lipinski definition) is 1. The Morgan fingerprint density at radius 1 is 0.975 bits per heavy atom. The maximum atomic E-state index is 14.8. The molecule has 0 fully saturated rings. The summed E-state index contributed by atoms with van der Waals surface area (Å²) >= 11 is 6.26. The van der Waals surface area contributed by atoms with Crippen molar-refractivity contribution in [1.82, 2.24) is 10.2 Å². The predicted molar refractivity (Wildman–Crippen MR) is 157 cm³/mol. The van der Waals surface area contributed by atoms with Gasteiger partial charge in [0.1, 0.15) is 18.4 Å². The molecule has 40 heavy (non-hydrogen) atoms. The minimum absolute atomic E-state index is 0.137. The van der Waals surface area contributed by atoms with E-state index in [-0.39, 0.29) is 24.2 Å². The van der Waals surface area contributed by atoms with Crippen LogP contribution in [0.5, 0.6) is 0 Å². The van der Waals surface area contributed by atoms with Gasteiger partial charge in [0.25, 0.3) is 0 Å². The molecule has 0 radical (unpaired) electrons. The van der Waals surface area contributed by atoms with Crippen LogP contribution < -0.4 is 9.62 Å². The fraction of sp³-hybridized carbons (Fsp3) is 0.333. The zero-order chi connectivity index (χ0) is 29.7. The number of amides is 2. The van der Waals surface area contributed by atoms with Crippen LogP contribution in [0.15, 0.2) is 72.8 Å². The highest BCUT2D eigenvalue weighted by molar-refractivity contribution is 7.92. The number of anilines is 1. The molecule has 3 aromatic rings. The van der Waals surface area contributed by atoms with Crippen LogP contribution in [0.25, 0.3) is 0 Å². The zero-order valence-electron chi connectivity index (χ0n) is 23.3. The number of halogens is 2. The number of benzene rings is 3. The molecule has 0 spiro atoms. The molecule has 1 N–H and O–H groups in total. The van der Waals surface area contributed by atoms with E-state index < -0.39 is 45.8 Å². The van der Waals surface area contributed by atoms with Crippen LogP contribution in [0.3, 0.4) is 0 Å². The van der Waals surface area contributed by atoms with E-state index in [1.54, 1.807) is 31.2 Å². The first-order chi connectivity index (χ1) is 18.7. The summed E-state index contributed by atoms with van der Waals surface area (Å²) in [6, 6.07) is 18.9. The molecule has 214 valence electrons. The lowest BCUT2D eigenvalue weighted by Crippen LogP contribution is -2.56. The molecule has 0 aliphatic carbocycles. The quantitative estimate of drug-likeness (QED) is 0.357. The predicted octanol–water partition coefficient (Wildman–Crippen LogP) is 5.11. The van der Waals surface area contributed by atoms with E-state index in [9.17, 15) is 22.4 Å². The Hall–Kier alpha value is -3.43. The van der Waals surface area contributed by atoms with Crippen LogP contribution in [0.2, 0.25) is 5.02 Å².